The molecule has 0 unspecified atom stereocenters. The Morgan fingerprint density at radius 1 is 0.826 bits per heavy atom. The highest BCUT2D eigenvalue weighted by Crippen LogP contribution is 2.19. The number of aromatic hydroxyl groups is 2. The average molecular weight is 383 g/mol. The fourth-order valence-corrected chi connectivity index (χ4v) is 1.50. The van der Waals surface area contributed by atoms with Crippen molar-refractivity contribution in [1.82, 2.24) is 0 Å². The van der Waals surface area contributed by atoms with E-state index in [1.165, 1.54) is 0 Å². The smallest absolute Gasteiger partial charge is 0.373 e. The van der Waals surface area contributed by atoms with Crippen LogP contribution >= 0.6 is 15.9 Å². The average Bonchev–Trinajstić information content (AvgIpc) is 2.45. The van der Waals surface area contributed by atoms with E-state index in [2.05, 4.69) is 15.9 Å². The first-order chi connectivity index (χ1) is 10.8. The number of rotatable bonds is 0. The number of phenolic OH excluding ortho intramolecular Hbond substituents is 2. The molecule has 0 radical (unpaired) electrons. The lowest BCUT2D eigenvalue weighted by atomic mass is 10.2. The molecule has 0 aliphatic heterocycles. The Bertz CT molecular complexity index is 628. The molecule has 0 amide bonds. The van der Waals surface area contributed by atoms with Gasteiger partial charge in [0.1, 0.15) is 11.5 Å². The molecule has 2 N–H and O–H groups in total. The Kier molecular flexibility index (Phi) is 14.0. The second-order valence-electron chi connectivity index (χ2n) is 3.94. The molecule has 0 saturated carbocycles. The van der Waals surface area contributed by atoms with Gasteiger partial charge >= 0.3 is 12.3 Å². The van der Waals surface area contributed by atoms with E-state index >= 15 is 0 Å². The van der Waals surface area contributed by atoms with Crippen molar-refractivity contribution >= 4 is 28.2 Å². The first kappa shape index (κ1) is 22.6. The molecule has 2 aromatic rings. The molecule has 122 valence electrons. The maximum atomic E-state index is 8.92. The minimum atomic E-state index is 0.250. The maximum Gasteiger partial charge on any atom is 0.373 e. The largest absolute Gasteiger partial charge is 0.508 e. The minimum absolute atomic E-state index is 0.250. The van der Waals surface area contributed by atoms with Crippen molar-refractivity contribution in [2.75, 3.05) is 0 Å². The first-order valence-corrected chi connectivity index (χ1v) is 6.81. The van der Waals surface area contributed by atoms with Crippen molar-refractivity contribution in [3.8, 4) is 11.5 Å². The monoisotopic (exact) mass is 382 g/mol. The van der Waals surface area contributed by atoms with E-state index in [0.717, 1.165) is 15.6 Å². The van der Waals surface area contributed by atoms with Crippen LogP contribution in [0.15, 0.2) is 46.9 Å². The van der Waals surface area contributed by atoms with Crippen LogP contribution < -0.4 is 0 Å². The summed E-state index contributed by atoms with van der Waals surface area (Å²) in [6.07, 6.45) is 0.500. The summed E-state index contributed by atoms with van der Waals surface area (Å²) in [4.78, 5) is 32.5. The summed E-state index contributed by atoms with van der Waals surface area (Å²) < 4.78 is 1.03. The Labute approximate surface area is 141 Å². The van der Waals surface area contributed by atoms with E-state index in [9.17, 15) is 0 Å². The molecular weight excluding hydrogens is 368 g/mol. The van der Waals surface area contributed by atoms with Crippen LogP contribution in [-0.4, -0.2) is 22.5 Å². The zero-order chi connectivity index (χ0) is 18.3. The summed E-state index contributed by atoms with van der Waals surface area (Å²) in [5, 5.41) is 17.7. The molecule has 0 fully saturated rings. The third-order valence-electron chi connectivity index (χ3n) is 2.14. The molecule has 2 rings (SSSR count). The number of halogens is 1. The molecule has 0 bridgehead atoms. The summed E-state index contributed by atoms with van der Waals surface area (Å²) in [5.41, 5.74) is 2.14. The fraction of sp³-hybridized carbons (Fsp3) is 0.125. The van der Waals surface area contributed by atoms with Crippen molar-refractivity contribution in [2.45, 2.75) is 13.8 Å². The van der Waals surface area contributed by atoms with Gasteiger partial charge in [0.2, 0.25) is 0 Å². The Hall–Kier alpha value is -2.72. The van der Waals surface area contributed by atoms with Crippen molar-refractivity contribution in [3.63, 3.8) is 0 Å². The highest BCUT2D eigenvalue weighted by atomic mass is 79.9. The number of benzene rings is 2. The zero-order valence-corrected chi connectivity index (χ0v) is 14.0. The Balaban J connectivity index is 0. The number of carbonyl (C=O) groups excluding carboxylic acids is 4. The minimum Gasteiger partial charge on any atom is -0.508 e. The first-order valence-electron chi connectivity index (χ1n) is 6.01. The molecule has 2 aromatic carbocycles. The van der Waals surface area contributed by atoms with Crippen molar-refractivity contribution < 1.29 is 29.4 Å². The highest BCUT2D eigenvalue weighted by Gasteiger charge is 1.92. The normalized spacial score (nSPS) is 7.61. The number of aryl methyl sites for hydroxylation is 2. The van der Waals surface area contributed by atoms with Crippen LogP contribution in [0.2, 0.25) is 0 Å². The Morgan fingerprint density at radius 3 is 1.61 bits per heavy atom. The Morgan fingerprint density at radius 2 is 1.30 bits per heavy atom. The zero-order valence-electron chi connectivity index (χ0n) is 12.4. The number of hydrogen-bond acceptors (Lipinski definition) is 6. The fourth-order valence-electron chi connectivity index (χ4n) is 1.26. The van der Waals surface area contributed by atoms with Crippen LogP contribution in [0.4, 0.5) is 0 Å². The van der Waals surface area contributed by atoms with Gasteiger partial charge in [-0.3, -0.25) is 0 Å². The van der Waals surface area contributed by atoms with Gasteiger partial charge in [-0.1, -0.05) is 28.1 Å². The molecular formula is C16H15BrO6. The molecule has 0 aromatic heterocycles. The number of phenols is 2. The highest BCUT2D eigenvalue weighted by molar-refractivity contribution is 9.10. The SMILES string of the molecule is Cc1cc(O)ccc1Br.Cc1cccc(O)c1.O=C=O.O=C=O. The standard InChI is InChI=1S/C7H7BrO.C7H8O.2CO2/c1-5-4-6(9)2-3-7(5)8;1-6-3-2-4-7(8)5-6;2*2-1-3/h2-4,9H,1H3;2-5,8H,1H3;;. The van der Waals surface area contributed by atoms with Gasteiger partial charge in [0.15, 0.2) is 0 Å². The summed E-state index contributed by atoms with van der Waals surface area (Å²) in [5.74, 6) is 0.653. The molecule has 0 spiro atoms. The van der Waals surface area contributed by atoms with Crippen LogP contribution in [0.25, 0.3) is 0 Å². The van der Waals surface area contributed by atoms with Gasteiger partial charge < -0.3 is 10.2 Å². The van der Waals surface area contributed by atoms with Crippen LogP contribution in [0.3, 0.4) is 0 Å². The lowest BCUT2D eigenvalue weighted by molar-refractivity contribution is -0.193. The van der Waals surface area contributed by atoms with Gasteiger partial charge in [-0.25, -0.2) is 0 Å². The lowest BCUT2D eigenvalue weighted by Gasteiger charge is -1.95. The van der Waals surface area contributed by atoms with E-state index in [1.54, 1.807) is 24.3 Å². The quantitative estimate of drug-likeness (QED) is 0.724. The topological polar surface area (TPSA) is 109 Å². The van der Waals surface area contributed by atoms with Crippen LogP contribution in [0, 0.1) is 13.8 Å². The molecule has 23 heavy (non-hydrogen) atoms. The summed E-state index contributed by atoms with van der Waals surface area (Å²) in [6.45, 7) is 3.88. The molecule has 6 nitrogen and oxygen atoms in total. The summed E-state index contributed by atoms with van der Waals surface area (Å²) >= 11 is 3.32. The van der Waals surface area contributed by atoms with Gasteiger partial charge in [0.25, 0.3) is 0 Å². The van der Waals surface area contributed by atoms with Crippen molar-refractivity contribution in [3.05, 3.63) is 58.1 Å². The molecule has 0 heterocycles. The summed E-state index contributed by atoms with van der Waals surface area (Å²) in [6, 6.07) is 12.3. The van der Waals surface area contributed by atoms with Gasteiger partial charge in [-0.05, 0) is 55.3 Å². The maximum absolute atomic E-state index is 8.92. The lowest BCUT2D eigenvalue weighted by Crippen LogP contribution is -1.72. The van der Waals surface area contributed by atoms with E-state index in [1.807, 2.05) is 32.0 Å². The van der Waals surface area contributed by atoms with Crippen molar-refractivity contribution in [2.24, 2.45) is 0 Å². The van der Waals surface area contributed by atoms with Crippen LogP contribution in [0.5, 0.6) is 11.5 Å². The van der Waals surface area contributed by atoms with Crippen LogP contribution in [0.1, 0.15) is 11.1 Å². The molecule has 0 saturated heterocycles. The second-order valence-corrected chi connectivity index (χ2v) is 4.79. The van der Waals surface area contributed by atoms with Crippen LogP contribution in [-0.2, 0) is 19.2 Å². The van der Waals surface area contributed by atoms with E-state index in [0.29, 0.717) is 11.5 Å². The molecule has 0 atom stereocenters. The number of hydrogen-bond donors (Lipinski definition) is 2. The van der Waals surface area contributed by atoms with Gasteiger partial charge in [-0.15, -0.1) is 0 Å². The second kappa shape index (κ2) is 14.2. The molecule has 7 heteroatoms. The van der Waals surface area contributed by atoms with E-state index < -0.39 is 0 Å². The predicted octanol–water partition coefficient (Wildman–Crippen LogP) is 3.00. The van der Waals surface area contributed by atoms with E-state index in [-0.39, 0.29) is 12.3 Å². The predicted molar refractivity (Wildman–Crippen MR) is 83.4 cm³/mol. The summed E-state index contributed by atoms with van der Waals surface area (Å²) in [7, 11) is 0. The molecule has 0 aliphatic rings. The van der Waals surface area contributed by atoms with Crippen molar-refractivity contribution in [1.29, 1.82) is 0 Å². The third kappa shape index (κ3) is 14.0. The third-order valence-corrected chi connectivity index (χ3v) is 3.03. The van der Waals surface area contributed by atoms with Gasteiger partial charge in [-0.2, -0.15) is 19.2 Å². The van der Waals surface area contributed by atoms with Gasteiger partial charge in [0.05, 0.1) is 0 Å². The van der Waals surface area contributed by atoms with E-state index in [4.69, 9.17) is 29.4 Å². The molecule has 0 aliphatic carbocycles. The van der Waals surface area contributed by atoms with Gasteiger partial charge in [0, 0.05) is 4.47 Å².